The Bertz CT molecular complexity index is 656. The third kappa shape index (κ3) is 6.55. The summed E-state index contributed by atoms with van der Waals surface area (Å²) >= 11 is 0. The van der Waals surface area contributed by atoms with Crippen LogP contribution >= 0.6 is 0 Å². The zero-order chi connectivity index (χ0) is 20.5. The van der Waals surface area contributed by atoms with Crippen LogP contribution < -0.4 is 10.6 Å². The zero-order valence-corrected chi connectivity index (χ0v) is 16.5. The first-order valence-corrected chi connectivity index (χ1v) is 9.89. The number of hydrogen-bond donors (Lipinski definition) is 3. The smallest absolute Gasteiger partial charge is 0.408 e. The molecule has 1 aliphatic carbocycles. The van der Waals surface area contributed by atoms with Crippen LogP contribution in [0.3, 0.4) is 0 Å². The molecule has 154 valence electrons. The van der Waals surface area contributed by atoms with E-state index in [0.29, 0.717) is 0 Å². The van der Waals surface area contributed by atoms with E-state index in [1.807, 2.05) is 30.3 Å². The summed E-state index contributed by atoms with van der Waals surface area (Å²) in [5, 5.41) is 14.8. The normalized spacial score (nSPS) is 16.8. The molecule has 0 saturated heterocycles. The lowest BCUT2D eigenvalue weighted by atomic mass is 9.83. The number of rotatable bonds is 8. The maximum absolute atomic E-state index is 12.7. The van der Waals surface area contributed by atoms with Crippen LogP contribution in [0.4, 0.5) is 4.79 Å². The number of benzene rings is 1. The zero-order valence-electron chi connectivity index (χ0n) is 16.5. The molecule has 2 rings (SSSR count). The number of aliphatic carboxylic acids is 1. The molecule has 0 bridgehead atoms. The highest BCUT2D eigenvalue weighted by molar-refractivity contribution is 5.89. The first-order valence-electron chi connectivity index (χ1n) is 9.89. The summed E-state index contributed by atoms with van der Waals surface area (Å²) in [6, 6.07) is 7.43. The van der Waals surface area contributed by atoms with Crippen LogP contribution in [0.5, 0.6) is 0 Å². The Morgan fingerprint density at radius 3 is 2.29 bits per heavy atom. The number of alkyl carbamates (subject to hydrolysis) is 1. The lowest BCUT2D eigenvalue weighted by Gasteiger charge is -2.30. The maximum Gasteiger partial charge on any atom is 0.408 e. The first-order chi connectivity index (χ1) is 13.4. The quantitative estimate of drug-likeness (QED) is 0.633. The van der Waals surface area contributed by atoms with Crippen LogP contribution in [0.2, 0.25) is 0 Å². The highest BCUT2D eigenvalue weighted by Crippen LogP contribution is 2.26. The molecule has 1 aliphatic rings. The minimum Gasteiger partial charge on any atom is -0.480 e. The van der Waals surface area contributed by atoms with E-state index in [2.05, 4.69) is 10.6 Å². The van der Waals surface area contributed by atoms with Crippen LogP contribution in [-0.4, -0.2) is 35.2 Å². The van der Waals surface area contributed by atoms with Crippen molar-refractivity contribution in [3.8, 4) is 0 Å². The average molecular weight is 390 g/mol. The van der Waals surface area contributed by atoms with Gasteiger partial charge in [-0.3, -0.25) is 4.79 Å². The highest BCUT2D eigenvalue weighted by Gasteiger charge is 2.34. The highest BCUT2D eigenvalue weighted by atomic mass is 16.5. The fourth-order valence-electron chi connectivity index (χ4n) is 3.52. The molecule has 1 saturated carbocycles. The van der Waals surface area contributed by atoms with Gasteiger partial charge in [0.1, 0.15) is 18.7 Å². The van der Waals surface area contributed by atoms with Gasteiger partial charge in [-0.15, -0.1) is 0 Å². The van der Waals surface area contributed by atoms with E-state index in [-0.39, 0.29) is 18.4 Å². The van der Waals surface area contributed by atoms with E-state index in [1.165, 1.54) is 0 Å². The van der Waals surface area contributed by atoms with Crippen molar-refractivity contribution in [2.24, 2.45) is 11.8 Å². The molecule has 0 spiro atoms. The second-order valence-corrected chi connectivity index (χ2v) is 7.65. The van der Waals surface area contributed by atoms with Gasteiger partial charge in [0, 0.05) is 0 Å². The van der Waals surface area contributed by atoms with Crippen molar-refractivity contribution in [3.63, 3.8) is 0 Å². The number of ether oxygens (including phenoxy) is 1. The molecule has 1 aromatic rings. The maximum atomic E-state index is 12.7. The van der Waals surface area contributed by atoms with E-state index < -0.39 is 30.1 Å². The Hall–Kier alpha value is -2.57. The van der Waals surface area contributed by atoms with Gasteiger partial charge in [-0.05, 0) is 30.2 Å². The van der Waals surface area contributed by atoms with Crippen LogP contribution in [0.15, 0.2) is 30.3 Å². The standard InChI is InChI=1S/C21H30N2O5/c1-14(2)17(23-21(27)28-13-15-9-5-3-6-10-15)19(24)22-18(20(25)26)16-11-7-4-8-12-16/h3,5-6,9-10,14,16-18H,4,7-8,11-13H2,1-2H3,(H,22,24)(H,23,27)(H,25,26)/t17-,18-/m1/s1. The summed E-state index contributed by atoms with van der Waals surface area (Å²) < 4.78 is 5.18. The summed E-state index contributed by atoms with van der Waals surface area (Å²) in [6.45, 7) is 3.68. The summed E-state index contributed by atoms with van der Waals surface area (Å²) in [4.78, 5) is 36.5. The summed E-state index contributed by atoms with van der Waals surface area (Å²) in [5.41, 5.74) is 0.839. The molecule has 0 heterocycles. The van der Waals surface area contributed by atoms with Crippen molar-refractivity contribution in [1.29, 1.82) is 0 Å². The van der Waals surface area contributed by atoms with Gasteiger partial charge in [0.15, 0.2) is 0 Å². The fraction of sp³-hybridized carbons (Fsp3) is 0.571. The van der Waals surface area contributed by atoms with Crippen molar-refractivity contribution in [3.05, 3.63) is 35.9 Å². The van der Waals surface area contributed by atoms with Crippen molar-refractivity contribution in [2.45, 2.75) is 64.6 Å². The summed E-state index contributed by atoms with van der Waals surface area (Å²) in [5.74, 6) is -1.82. The SMILES string of the molecule is CC(C)[C@@H](NC(=O)OCc1ccccc1)C(=O)N[C@@H](C(=O)O)C1CCCCC1. The minimum atomic E-state index is -1.03. The molecule has 0 radical (unpaired) electrons. The summed E-state index contributed by atoms with van der Waals surface area (Å²) in [7, 11) is 0. The van der Waals surface area contributed by atoms with Gasteiger partial charge in [0.2, 0.25) is 5.91 Å². The number of carbonyl (C=O) groups excluding carboxylic acids is 2. The predicted octanol–water partition coefficient (Wildman–Crippen LogP) is 3.09. The molecular formula is C21H30N2O5. The third-order valence-electron chi connectivity index (χ3n) is 5.12. The van der Waals surface area contributed by atoms with Crippen LogP contribution in [-0.2, 0) is 20.9 Å². The number of carboxylic acid groups (broad SMARTS) is 1. The van der Waals surface area contributed by atoms with E-state index in [0.717, 1.165) is 37.7 Å². The minimum absolute atomic E-state index is 0.0759. The Morgan fingerprint density at radius 2 is 1.71 bits per heavy atom. The number of carboxylic acids is 1. The van der Waals surface area contributed by atoms with Crippen LogP contribution in [0.25, 0.3) is 0 Å². The molecule has 7 nitrogen and oxygen atoms in total. The van der Waals surface area contributed by atoms with E-state index >= 15 is 0 Å². The number of hydrogen-bond acceptors (Lipinski definition) is 4. The lowest BCUT2D eigenvalue weighted by Crippen LogP contribution is -2.55. The molecule has 3 N–H and O–H groups in total. The molecule has 28 heavy (non-hydrogen) atoms. The topological polar surface area (TPSA) is 105 Å². The molecule has 0 unspecified atom stereocenters. The van der Waals surface area contributed by atoms with Gasteiger partial charge in [0.25, 0.3) is 0 Å². The Morgan fingerprint density at radius 1 is 1.07 bits per heavy atom. The van der Waals surface area contributed by atoms with Crippen molar-refractivity contribution >= 4 is 18.0 Å². The Labute approximate surface area is 165 Å². The van der Waals surface area contributed by atoms with Gasteiger partial charge in [-0.1, -0.05) is 63.4 Å². The van der Waals surface area contributed by atoms with Gasteiger partial charge < -0.3 is 20.5 Å². The monoisotopic (exact) mass is 390 g/mol. The predicted molar refractivity (Wildman–Crippen MR) is 105 cm³/mol. The molecule has 0 aliphatic heterocycles. The number of nitrogens with one attached hydrogen (secondary N) is 2. The second-order valence-electron chi connectivity index (χ2n) is 7.65. The molecule has 0 aromatic heterocycles. The molecular weight excluding hydrogens is 360 g/mol. The Balaban J connectivity index is 1.94. The molecule has 1 fully saturated rings. The van der Waals surface area contributed by atoms with Gasteiger partial charge >= 0.3 is 12.1 Å². The number of carbonyl (C=O) groups is 3. The second kappa shape index (κ2) is 10.7. The van der Waals surface area contributed by atoms with Gasteiger partial charge in [-0.25, -0.2) is 9.59 Å². The van der Waals surface area contributed by atoms with Crippen LogP contribution in [0.1, 0.15) is 51.5 Å². The molecule has 2 amide bonds. The molecule has 7 heteroatoms. The van der Waals surface area contributed by atoms with E-state index in [9.17, 15) is 19.5 Å². The van der Waals surface area contributed by atoms with Crippen molar-refractivity contribution in [1.82, 2.24) is 10.6 Å². The third-order valence-corrected chi connectivity index (χ3v) is 5.12. The van der Waals surface area contributed by atoms with E-state index in [4.69, 9.17) is 4.74 Å². The van der Waals surface area contributed by atoms with Crippen LogP contribution in [0, 0.1) is 11.8 Å². The number of amides is 2. The largest absolute Gasteiger partial charge is 0.480 e. The first kappa shape index (κ1) is 21.7. The Kier molecular flexibility index (Phi) is 8.29. The lowest BCUT2D eigenvalue weighted by molar-refractivity contribution is -0.144. The van der Waals surface area contributed by atoms with E-state index in [1.54, 1.807) is 13.8 Å². The molecule has 1 aromatic carbocycles. The van der Waals surface area contributed by atoms with Gasteiger partial charge in [0.05, 0.1) is 0 Å². The average Bonchev–Trinajstić information content (AvgIpc) is 2.69. The van der Waals surface area contributed by atoms with Crippen molar-refractivity contribution in [2.75, 3.05) is 0 Å². The van der Waals surface area contributed by atoms with Gasteiger partial charge in [-0.2, -0.15) is 0 Å². The fourth-order valence-corrected chi connectivity index (χ4v) is 3.52. The summed E-state index contributed by atoms with van der Waals surface area (Å²) in [6.07, 6.45) is 3.92. The van der Waals surface area contributed by atoms with Crippen molar-refractivity contribution < 1.29 is 24.2 Å². The molecule has 2 atom stereocenters.